The third kappa shape index (κ3) is 12.3. The van der Waals surface area contributed by atoms with Gasteiger partial charge in [-0.3, -0.25) is 14.5 Å². The number of hydrogen-bond acceptors (Lipinski definition) is 8. The number of carboxylic acids is 3. The van der Waals surface area contributed by atoms with Gasteiger partial charge in [0.15, 0.2) is 0 Å². The Morgan fingerprint density at radius 2 is 1.34 bits per heavy atom. The Hall–Kier alpha value is -3.97. The molecule has 264 valence electrons. The van der Waals surface area contributed by atoms with E-state index in [2.05, 4.69) is 10.2 Å². The lowest BCUT2D eigenvalue weighted by molar-refractivity contribution is -0.193. The summed E-state index contributed by atoms with van der Waals surface area (Å²) in [6.07, 6.45) is -6.02. The van der Waals surface area contributed by atoms with Crippen molar-refractivity contribution in [3.63, 3.8) is 0 Å². The molecule has 19 heteroatoms. The van der Waals surface area contributed by atoms with Crippen LogP contribution in [0.15, 0.2) is 24.3 Å². The Bertz CT molecular complexity index is 1210. The predicted molar refractivity (Wildman–Crippen MR) is 150 cm³/mol. The van der Waals surface area contributed by atoms with Crippen molar-refractivity contribution in [1.82, 2.24) is 9.80 Å². The summed E-state index contributed by atoms with van der Waals surface area (Å²) in [6.45, 7) is 4.15. The van der Waals surface area contributed by atoms with Crippen molar-refractivity contribution in [3.8, 4) is 0 Å². The maximum absolute atomic E-state index is 13.5. The van der Waals surface area contributed by atoms with E-state index >= 15 is 0 Å². The summed E-state index contributed by atoms with van der Waals surface area (Å²) in [6, 6.07) is 5.66. The smallest absolute Gasteiger partial charge is 0.478 e. The van der Waals surface area contributed by atoms with Crippen LogP contribution in [0.2, 0.25) is 0 Å². The number of carbonyl (C=O) groups excluding carboxylic acids is 2. The molecule has 1 aromatic carbocycles. The lowest BCUT2D eigenvalue weighted by atomic mass is 9.81. The summed E-state index contributed by atoms with van der Waals surface area (Å²) in [5.41, 5.74) is 6.49. The summed E-state index contributed by atoms with van der Waals surface area (Å²) >= 11 is 0. The molecule has 2 heterocycles. The number of nitrogens with zero attached hydrogens (tertiary/aromatic N) is 2. The van der Waals surface area contributed by atoms with Gasteiger partial charge >= 0.3 is 30.3 Å². The molecule has 4 rings (SSSR count). The number of rotatable bonds is 6. The third-order valence-corrected chi connectivity index (χ3v) is 7.84. The second-order valence-corrected chi connectivity index (χ2v) is 11.0. The van der Waals surface area contributed by atoms with E-state index in [1.807, 2.05) is 0 Å². The van der Waals surface area contributed by atoms with Crippen molar-refractivity contribution >= 4 is 35.4 Å². The summed E-state index contributed by atoms with van der Waals surface area (Å²) in [5, 5.41) is 26.2. The molecule has 6 N–H and O–H groups in total. The zero-order valence-electron chi connectivity index (χ0n) is 24.9. The van der Waals surface area contributed by atoms with Crippen molar-refractivity contribution in [3.05, 3.63) is 29.8 Å². The first-order valence-electron chi connectivity index (χ1n) is 14.4. The Balaban J connectivity index is 0.000000459. The zero-order chi connectivity index (χ0) is 35.5. The van der Waals surface area contributed by atoms with Crippen LogP contribution in [0.3, 0.4) is 0 Å². The molecule has 0 bridgehead atoms. The third-order valence-electron chi connectivity index (χ3n) is 7.84. The highest BCUT2D eigenvalue weighted by Crippen LogP contribution is 2.33. The lowest BCUT2D eigenvalue weighted by Gasteiger charge is -2.33. The minimum atomic E-state index is -5.08. The molecular formula is C28H36F6N4O9. The number of hydrogen-bond donors (Lipinski definition) is 5. The number of amides is 2. The summed E-state index contributed by atoms with van der Waals surface area (Å²) in [7, 11) is 0. The molecule has 0 aromatic heterocycles. The molecule has 13 nitrogen and oxygen atoms in total. The molecular weight excluding hydrogens is 650 g/mol. The first-order valence-corrected chi connectivity index (χ1v) is 14.4. The Kier molecular flexibility index (Phi) is 14.4. The van der Waals surface area contributed by atoms with Crippen molar-refractivity contribution < 1.29 is 70.4 Å². The van der Waals surface area contributed by atoms with Crippen molar-refractivity contribution in [2.45, 2.75) is 56.5 Å². The number of aromatic carboxylic acids is 1. The predicted octanol–water partition coefficient (Wildman–Crippen LogP) is 2.66. The van der Waals surface area contributed by atoms with Crippen molar-refractivity contribution in [1.29, 1.82) is 0 Å². The molecule has 2 saturated heterocycles. The minimum absolute atomic E-state index is 0.0543. The fraction of sp³-hybridized carbons (Fsp3) is 0.607. The van der Waals surface area contributed by atoms with E-state index in [0.29, 0.717) is 44.3 Å². The number of morpholine rings is 1. The zero-order valence-corrected chi connectivity index (χ0v) is 24.9. The highest BCUT2D eigenvalue weighted by atomic mass is 19.4. The maximum atomic E-state index is 13.5. The maximum Gasteiger partial charge on any atom is 0.490 e. The number of alkyl halides is 6. The van der Waals surface area contributed by atoms with Gasteiger partial charge in [-0.25, -0.2) is 14.4 Å². The van der Waals surface area contributed by atoms with Crippen LogP contribution in [0.4, 0.5) is 32.0 Å². The van der Waals surface area contributed by atoms with E-state index in [0.717, 1.165) is 38.8 Å². The lowest BCUT2D eigenvalue weighted by Crippen LogP contribution is -2.47. The standard InChI is InChI=1S/C24H34N4O5.2C2HF3O2/c25-14-16-1-3-17(4-2-16)23(30)28-15-20(27-9-11-33-12-10-27)13-21(28)22(29)26-19-7-5-18(6-8-19)24(31)32;2*3-2(4,5)1(6)7/h5-8,16-17,20-21H,1-4,9-15,25H2,(H,26,29)(H,31,32);2*(H,6,7)/t16?,17?,20-,21-;;/m0../s1. The van der Waals surface area contributed by atoms with Gasteiger partial charge in [-0.05, 0) is 68.8 Å². The average molecular weight is 687 g/mol. The van der Waals surface area contributed by atoms with Gasteiger partial charge in [0.05, 0.1) is 18.8 Å². The van der Waals surface area contributed by atoms with Gasteiger partial charge in [0.1, 0.15) is 6.04 Å². The van der Waals surface area contributed by atoms with Gasteiger partial charge in [0.2, 0.25) is 11.8 Å². The molecule has 0 radical (unpaired) electrons. The van der Waals surface area contributed by atoms with Crippen molar-refractivity contribution in [2.24, 2.45) is 17.6 Å². The quantitative estimate of drug-likeness (QED) is 0.276. The van der Waals surface area contributed by atoms with Crippen LogP contribution in [0.5, 0.6) is 0 Å². The number of nitrogens with two attached hydrogens (primary N) is 1. The van der Waals surface area contributed by atoms with Crippen LogP contribution in [0.25, 0.3) is 0 Å². The first kappa shape index (κ1) is 39.2. The molecule has 1 aliphatic carbocycles. The second kappa shape index (κ2) is 17.3. The fourth-order valence-corrected chi connectivity index (χ4v) is 5.31. The Labute approximate surface area is 264 Å². The van der Waals surface area contributed by atoms with Crippen molar-refractivity contribution in [2.75, 3.05) is 44.7 Å². The number of benzene rings is 1. The molecule has 3 aliphatic rings. The Morgan fingerprint density at radius 1 is 0.851 bits per heavy atom. The molecule has 3 fully saturated rings. The number of nitrogens with one attached hydrogen (secondary N) is 1. The monoisotopic (exact) mass is 686 g/mol. The van der Waals surface area contributed by atoms with E-state index in [-0.39, 0.29) is 29.3 Å². The summed E-state index contributed by atoms with van der Waals surface area (Å²) < 4.78 is 68.9. The van der Waals surface area contributed by atoms with Gasteiger partial charge in [-0.2, -0.15) is 26.3 Å². The highest BCUT2D eigenvalue weighted by molar-refractivity contribution is 5.98. The molecule has 2 amide bonds. The molecule has 0 spiro atoms. The number of ether oxygens (including phenoxy) is 1. The van der Waals surface area contributed by atoms with Gasteiger partial charge < -0.3 is 36.0 Å². The molecule has 2 aliphatic heterocycles. The summed E-state index contributed by atoms with van der Waals surface area (Å²) in [5.74, 6) is -6.25. The largest absolute Gasteiger partial charge is 0.490 e. The normalized spacial score (nSPS) is 23.3. The van der Waals surface area contributed by atoms with E-state index in [9.17, 15) is 40.7 Å². The van der Waals surface area contributed by atoms with Gasteiger partial charge in [-0.1, -0.05) is 0 Å². The van der Waals surface area contributed by atoms with Crippen LogP contribution in [-0.4, -0.2) is 119 Å². The number of carbonyl (C=O) groups is 5. The Morgan fingerprint density at radius 3 is 1.77 bits per heavy atom. The van der Waals surface area contributed by atoms with Gasteiger partial charge in [-0.15, -0.1) is 0 Å². The molecule has 47 heavy (non-hydrogen) atoms. The fourth-order valence-electron chi connectivity index (χ4n) is 5.31. The highest BCUT2D eigenvalue weighted by Gasteiger charge is 2.44. The van der Waals surface area contributed by atoms with Crippen LogP contribution < -0.4 is 11.1 Å². The minimum Gasteiger partial charge on any atom is -0.478 e. The topological polar surface area (TPSA) is 200 Å². The van der Waals surface area contributed by atoms with Gasteiger partial charge in [0, 0.05) is 37.3 Å². The SMILES string of the molecule is NCC1CCC(C(=O)N2C[C@@H](N3CCOCC3)C[C@H]2C(=O)Nc2ccc(C(=O)O)cc2)CC1.O=C(O)C(F)(F)F.O=C(O)C(F)(F)F. The molecule has 1 saturated carbocycles. The van der Waals surface area contributed by atoms with E-state index in [1.165, 1.54) is 12.1 Å². The van der Waals surface area contributed by atoms with Crippen LogP contribution >= 0.6 is 0 Å². The van der Waals surface area contributed by atoms with Gasteiger partial charge in [0.25, 0.3) is 0 Å². The van der Waals surface area contributed by atoms with Crippen LogP contribution in [0, 0.1) is 11.8 Å². The molecule has 1 aromatic rings. The number of halogens is 6. The van der Waals surface area contributed by atoms with E-state index in [4.69, 9.17) is 35.4 Å². The van der Waals surface area contributed by atoms with Crippen LogP contribution in [0.1, 0.15) is 42.5 Å². The number of aliphatic carboxylic acids is 2. The van der Waals surface area contributed by atoms with Crippen LogP contribution in [-0.2, 0) is 23.9 Å². The number of likely N-dealkylation sites (tertiary alicyclic amines) is 1. The summed E-state index contributed by atoms with van der Waals surface area (Å²) in [4.78, 5) is 59.8. The van der Waals surface area contributed by atoms with E-state index in [1.54, 1.807) is 17.0 Å². The average Bonchev–Trinajstić information content (AvgIpc) is 3.47. The second-order valence-electron chi connectivity index (χ2n) is 11.0. The van der Waals surface area contributed by atoms with E-state index < -0.39 is 36.3 Å². The number of anilines is 1. The molecule has 2 atom stereocenters. The molecule has 0 unspecified atom stereocenters. The number of carboxylic acid groups (broad SMARTS) is 3. The first-order chi connectivity index (χ1) is 21.8.